The Morgan fingerprint density at radius 2 is 1.91 bits per heavy atom. The molecule has 1 atom stereocenters. The van der Waals surface area contributed by atoms with Gasteiger partial charge in [0.05, 0.1) is 0 Å². The molecule has 0 spiro atoms. The Bertz CT molecular complexity index is 438. The van der Waals surface area contributed by atoms with Crippen molar-refractivity contribution in [1.29, 1.82) is 0 Å². The molecule has 2 N–H and O–H groups in total. The SMILES string of the molecule is CCCNCCNC(=O)C(C)Oc1cccc(C(C)C)c1.Cl. The van der Waals surface area contributed by atoms with Crippen molar-refractivity contribution in [3.8, 4) is 5.75 Å². The maximum Gasteiger partial charge on any atom is 0.260 e. The molecule has 1 amide bonds. The first-order valence-corrected chi connectivity index (χ1v) is 7.79. The molecule has 1 aromatic carbocycles. The van der Waals surface area contributed by atoms with E-state index < -0.39 is 6.10 Å². The van der Waals surface area contributed by atoms with Crippen LogP contribution in [0.15, 0.2) is 24.3 Å². The number of benzene rings is 1. The van der Waals surface area contributed by atoms with Gasteiger partial charge in [0.25, 0.3) is 5.91 Å². The summed E-state index contributed by atoms with van der Waals surface area (Å²) < 4.78 is 5.71. The van der Waals surface area contributed by atoms with Crippen molar-refractivity contribution in [3.05, 3.63) is 29.8 Å². The highest BCUT2D eigenvalue weighted by Crippen LogP contribution is 2.20. The summed E-state index contributed by atoms with van der Waals surface area (Å²) in [5.41, 5.74) is 1.21. The van der Waals surface area contributed by atoms with Crippen LogP contribution in [-0.2, 0) is 4.79 Å². The largest absolute Gasteiger partial charge is 0.481 e. The lowest BCUT2D eigenvalue weighted by molar-refractivity contribution is -0.127. The van der Waals surface area contributed by atoms with Gasteiger partial charge in [-0.2, -0.15) is 0 Å². The standard InChI is InChI=1S/C17H28N2O2.ClH/c1-5-9-18-10-11-19-17(20)14(4)21-16-8-6-7-15(12-16)13(2)3;/h6-8,12-14,18H,5,9-11H2,1-4H3,(H,19,20);1H. The van der Waals surface area contributed by atoms with E-state index in [1.807, 2.05) is 18.2 Å². The molecular weight excluding hydrogens is 300 g/mol. The fourth-order valence-corrected chi connectivity index (χ4v) is 1.92. The number of rotatable bonds is 9. The van der Waals surface area contributed by atoms with Crippen molar-refractivity contribution in [1.82, 2.24) is 10.6 Å². The predicted octanol–water partition coefficient (Wildman–Crippen LogP) is 3.11. The van der Waals surface area contributed by atoms with Crippen LogP contribution in [-0.4, -0.2) is 31.6 Å². The maximum atomic E-state index is 11.9. The number of amides is 1. The number of hydrogen-bond acceptors (Lipinski definition) is 3. The fourth-order valence-electron chi connectivity index (χ4n) is 1.92. The molecule has 0 aliphatic carbocycles. The molecule has 0 aliphatic rings. The molecule has 0 bridgehead atoms. The van der Waals surface area contributed by atoms with Crippen molar-refractivity contribution in [2.45, 2.75) is 46.1 Å². The number of halogens is 1. The van der Waals surface area contributed by atoms with Gasteiger partial charge in [-0.25, -0.2) is 0 Å². The zero-order valence-corrected chi connectivity index (χ0v) is 14.8. The minimum Gasteiger partial charge on any atom is -0.481 e. The Labute approximate surface area is 140 Å². The molecular formula is C17H29ClN2O2. The van der Waals surface area contributed by atoms with E-state index in [-0.39, 0.29) is 18.3 Å². The van der Waals surface area contributed by atoms with E-state index in [0.717, 1.165) is 25.3 Å². The van der Waals surface area contributed by atoms with Gasteiger partial charge in [-0.1, -0.05) is 32.9 Å². The molecule has 0 saturated carbocycles. The summed E-state index contributed by atoms with van der Waals surface area (Å²) >= 11 is 0. The topological polar surface area (TPSA) is 50.4 Å². The minimum absolute atomic E-state index is 0. The quantitative estimate of drug-likeness (QED) is 0.685. The number of hydrogen-bond donors (Lipinski definition) is 2. The third-order valence-corrected chi connectivity index (χ3v) is 3.23. The van der Waals surface area contributed by atoms with E-state index >= 15 is 0 Å². The molecule has 0 heterocycles. The van der Waals surface area contributed by atoms with E-state index in [1.54, 1.807) is 6.92 Å². The van der Waals surface area contributed by atoms with Crippen LogP contribution in [0.25, 0.3) is 0 Å². The Balaban J connectivity index is 0.00000441. The smallest absolute Gasteiger partial charge is 0.260 e. The van der Waals surface area contributed by atoms with Crippen molar-refractivity contribution in [3.63, 3.8) is 0 Å². The molecule has 0 fully saturated rings. The van der Waals surface area contributed by atoms with Crippen molar-refractivity contribution in [2.75, 3.05) is 19.6 Å². The summed E-state index contributed by atoms with van der Waals surface area (Å²) in [5, 5.41) is 6.12. The van der Waals surface area contributed by atoms with Gasteiger partial charge < -0.3 is 15.4 Å². The lowest BCUT2D eigenvalue weighted by atomic mass is 10.0. The van der Waals surface area contributed by atoms with Crippen LogP contribution in [0.4, 0.5) is 0 Å². The third-order valence-electron chi connectivity index (χ3n) is 3.23. The molecule has 0 radical (unpaired) electrons. The van der Waals surface area contributed by atoms with Gasteiger partial charge in [-0.15, -0.1) is 12.4 Å². The van der Waals surface area contributed by atoms with E-state index in [2.05, 4.69) is 37.5 Å². The fraction of sp³-hybridized carbons (Fsp3) is 0.588. The first-order chi connectivity index (χ1) is 10.0. The third kappa shape index (κ3) is 7.66. The lowest BCUT2D eigenvalue weighted by Gasteiger charge is -2.16. The normalized spacial score (nSPS) is 11.7. The van der Waals surface area contributed by atoms with Crippen LogP contribution < -0.4 is 15.4 Å². The molecule has 0 aliphatic heterocycles. The highest BCUT2D eigenvalue weighted by molar-refractivity contribution is 5.85. The molecule has 1 aromatic rings. The predicted molar refractivity (Wildman–Crippen MR) is 94.0 cm³/mol. The number of carbonyl (C=O) groups excluding carboxylic acids is 1. The van der Waals surface area contributed by atoms with Crippen molar-refractivity contribution >= 4 is 18.3 Å². The Morgan fingerprint density at radius 3 is 2.55 bits per heavy atom. The van der Waals surface area contributed by atoms with Gasteiger partial charge >= 0.3 is 0 Å². The Morgan fingerprint density at radius 1 is 1.18 bits per heavy atom. The molecule has 4 nitrogen and oxygen atoms in total. The maximum absolute atomic E-state index is 11.9. The van der Waals surface area contributed by atoms with E-state index in [4.69, 9.17) is 4.74 Å². The lowest BCUT2D eigenvalue weighted by Crippen LogP contribution is -2.39. The van der Waals surface area contributed by atoms with Gasteiger partial charge in [-0.3, -0.25) is 4.79 Å². The van der Waals surface area contributed by atoms with Crippen molar-refractivity contribution < 1.29 is 9.53 Å². The molecule has 0 saturated heterocycles. The number of nitrogens with one attached hydrogen (secondary N) is 2. The average Bonchev–Trinajstić information content (AvgIpc) is 2.47. The van der Waals surface area contributed by atoms with Gasteiger partial charge in [-0.05, 0) is 43.5 Å². The van der Waals surface area contributed by atoms with Crippen LogP contribution in [0.1, 0.15) is 45.6 Å². The summed E-state index contributed by atoms with van der Waals surface area (Å²) in [5.74, 6) is 1.11. The van der Waals surface area contributed by atoms with Crippen LogP contribution in [0.5, 0.6) is 5.75 Å². The molecule has 5 heteroatoms. The monoisotopic (exact) mass is 328 g/mol. The summed E-state index contributed by atoms with van der Waals surface area (Å²) in [7, 11) is 0. The van der Waals surface area contributed by atoms with Crippen molar-refractivity contribution in [2.24, 2.45) is 0 Å². The Kier molecular flexibility index (Phi) is 10.7. The molecule has 126 valence electrons. The molecule has 22 heavy (non-hydrogen) atoms. The van der Waals surface area contributed by atoms with Crippen LogP contribution in [0, 0.1) is 0 Å². The second kappa shape index (κ2) is 11.3. The summed E-state index contributed by atoms with van der Waals surface area (Å²) in [6.45, 7) is 10.6. The summed E-state index contributed by atoms with van der Waals surface area (Å²) in [6.07, 6.45) is 0.609. The highest BCUT2D eigenvalue weighted by Gasteiger charge is 2.14. The molecule has 0 aromatic heterocycles. The second-order valence-electron chi connectivity index (χ2n) is 5.53. The first-order valence-electron chi connectivity index (χ1n) is 7.79. The summed E-state index contributed by atoms with van der Waals surface area (Å²) in [6, 6.07) is 7.92. The van der Waals surface area contributed by atoms with Gasteiger partial charge in [0.1, 0.15) is 5.75 Å². The van der Waals surface area contributed by atoms with Crippen LogP contribution >= 0.6 is 12.4 Å². The van der Waals surface area contributed by atoms with Gasteiger partial charge in [0, 0.05) is 13.1 Å². The first kappa shape index (κ1) is 20.7. The average molecular weight is 329 g/mol. The second-order valence-corrected chi connectivity index (χ2v) is 5.53. The zero-order valence-electron chi connectivity index (χ0n) is 14.0. The molecule has 1 rings (SSSR count). The van der Waals surface area contributed by atoms with E-state index in [1.165, 1.54) is 5.56 Å². The van der Waals surface area contributed by atoms with Gasteiger partial charge in [0.15, 0.2) is 6.10 Å². The van der Waals surface area contributed by atoms with E-state index in [9.17, 15) is 4.79 Å². The number of ether oxygens (including phenoxy) is 1. The zero-order chi connectivity index (χ0) is 15.7. The van der Waals surface area contributed by atoms with E-state index in [0.29, 0.717) is 12.5 Å². The number of carbonyl (C=O) groups is 1. The summed E-state index contributed by atoms with van der Waals surface area (Å²) in [4.78, 5) is 11.9. The van der Waals surface area contributed by atoms with Crippen LogP contribution in [0.2, 0.25) is 0 Å². The minimum atomic E-state index is -0.487. The Hall–Kier alpha value is -1.26. The highest BCUT2D eigenvalue weighted by atomic mass is 35.5. The van der Waals surface area contributed by atoms with Gasteiger partial charge in [0.2, 0.25) is 0 Å². The molecule has 1 unspecified atom stereocenters. The van der Waals surface area contributed by atoms with Crippen LogP contribution in [0.3, 0.4) is 0 Å².